The second kappa shape index (κ2) is 7.32. The van der Waals surface area contributed by atoms with Crippen LogP contribution in [0.2, 0.25) is 0 Å². The number of aromatic nitrogens is 2. The predicted octanol–water partition coefficient (Wildman–Crippen LogP) is 1.27. The average molecular weight is 388 g/mol. The summed E-state index contributed by atoms with van der Waals surface area (Å²) in [5.74, 6) is 2.53. The third kappa shape index (κ3) is 4.30. The van der Waals surface area contributed by atoms with Crippen LogP contribution in [0.1, 0.15) is 12.8 Å². The Labute approximate surface area is 159 Å². The van der Waals surface area contributed by atoms with Gasteiger partial charge in [-0.2, -0.15) is 0 Å². The molecule has 0 atom stereocenters. The average Bonchev–Trinajstić information content (AvgIpc) is 3.51. The second-order valence-corrected chi connectivity index (χ2v) is 8.60. The van der Waals surface area contributed by atoms with Crippen LogP contribution in [0.4, 0.5) is 17.3 Å². The molecular formula is C18H24N6O2S. The van der Waals surface area contributed by atoms with Crippen LogP contribution in [0.25, 0.3) is 0 Å². The smallest absolute Gasteiger partial charge is 0.240 e. The largest absolute Gasteiger partial charge is 0.370 e. The van der Waals surface area contributed by atoms with E-state index >= 15 is 0 Å². The number of hydrogen-bond acceptors (Lipinski definition) is 7. The highest BCUT2D eigenvalue weighted by molar-refractivity contribution is 7.89. The Morgan fingerprint density at radius 2 is 1.78 bits per heavy atom. The topological polar surface area (TPSA) is 104 Å². The van der Waals surface area contributed by atoms with Crippen molar-refractivity contribution in [1.82, 2.24) is 9.97 Å². The maximum Gasteiger partial charge on any atom is 0.240 e. The van der Waals surface area contributed by atoms with E-state index in [0.717, 1.165) is 37.2 Å². The fourth-order valence-corrected chi connectivity index (χ4v) is 4.08. The number of hydrogen-bond donors (Lipinski definition) is 2. The van der Waals surface area contributed by atoms with Gasteiger partial charge in [0.05, 0.1) is 5.69 Å². The van der Waals surface area contributed by atoms with Crippen LogP contribution in [-0.2, 0) is 10.0 Å². The SMILES string of the molecule is NS(=O)(=O)c1ccccc1N1CCN(c2cc(NCC3CC3)ncn2)CC1. The molecule has 27 heavy (non-hydrogen) atoms. The van der Waals surface area contributed by atoms with Crippen LogP contribution in [0.3, 0.4) is 0 Å². The van der Waals surface area contributed by atoms with Crippen LogP contribution >= 0.6 is 0 Å². The highest BCUT2D eigenvalue weighted by Gasteiger charge is 2.24. The van der Waals surface area contributed by atoms with Crippen LogP contribution < -0.4 is 20.3 Å². The molecule has 1 aliphatic heterocycles. The molecule has 2 aliphatic rings. The molecule has 0 bridgehead atoms. The zero-order valence-electron chi connectivity index (χ0n) is 15.1. The van der Waals surface area contributed by atoms with Gasteiger partial charge in [-0.25, -0.2) is 23.5 Å². The lowest BCUT2D eigenvalue weighted by Crippen LogP contribution is -2.47. The summed E-state index contributed by atoms with van der Waals surface area (Å²) in [6.45, 7) is 3.85. The molecule has 1 aromatic heterocycles. The lowest BCUT2D eigenvalue weighted by molar-refractivity contribution is 0.595. The number of nitrogens with zero attached hydrogens (tertiary/aromatic N) is 4. The fraction of sp³-hybridized carbons (Fsp3) is 0.444. The van der Waals surface area contributed by atoms with Gasteiger partial charge < -0.3 is 15.1 Å². The molecule has 0 radical (unpaired) electrons. The van der Waals surface area contributed by atoms with Gasteiger partial charge in [0, 0.05) is 38.8 Å². The molecule has 2 heterocycles. The molecule has 0 amide bonds. The summed E-state index contributed by atoms with van der Waals surface area (Å²) in [7, 11) is -3.75. The molecule has 8 nitrogen and oxygen atoms in total. The van der Waals surface area contributed by atoms with Crippen LogP contribution in [0.5, 0.6) is 0 Å². The third-order valence-electron chi connectivity index (χ3n) is 5.04. The first-order valence-electron chi connectivity index (χ1n) is 9.18. The number of nitrogens with two attached hydrogens (primary N) is 1. The molecule has 9 heteroatoms. The van der Waals surface area contributed by atoms with E-state index in [1.807, 2.05) is 12.1 Å². The Balaban J connectivity index is 1.43. The molecule has 0 unspecified atom stereocenters. The van der Waals surface area contributed by atoms with E-state index in [9.17, 15) is 8.42 Å². The highest BCUT2D eigenvalue weighted by Crippen LogP contribution is 2.29. The summed E-state index contributed by atoms with van der Waals surface area (Å²) in [5.41, 5.74) is 0.661. The van der Waals surface area contributed by atoms with Gasteiger partial charge in [-0.05, 0) is 30.9 Å². The molecular weight excluding hydrogens is 364 g/mol. The normalized spacial score (nSPS) is 17.8. The lowest BCUT2D eigenvalue weighted by atomic mass is 10.2. The van der Waals surface area contributed by atoms with Crippen molar-refractivity contribution < 1.29 is 8.42 Å². The molecule has 3 N–H and O–H groups in total. The maximum absolute atomic E-state index is 11.9. The Morgan fingerprint density at radius 1 is 1.07 bits per heavy atom. The summed E-state index contributed by atoms with van der Waals surface area (Å²) < 4.78 is 23.7. The first-order valence-corrected chi connectivity index (χ1v) is 10.7. The van der Waals surface area contributed by atoms with Gasteiger partial charge >= 0.3 is 0 Å². The molecule has 2 fully saturated rings. The minimum absolute atomic E-state index is 0.173. The van der Waals surface area contributed by atoms with Gasteiger partial charge in [0.15, 0.2) is 0 Å². The zero-order valence-corrected chi connectivity index (χ0v) is 15.9. The van der Waals surface area contributed by atoms with Crippen LogP contribution in [0, 0.1) is 5.92 Å². The first kappa shape index (κ1) is 18.0. The molecule has 1 aromatic carbocycles. The lowest BCUT2D eigenvalue weighted by Gasteiger charge is -2.37. The van der Waals surface area contributed by atoms with Gasteiger partial charge in [0.25, 0.3) is 0 Å². The van der Waals surface area contributed by atoms with Gasteiger partial charge in [-0.3, -0.25) is 0 Å². The number of piperazine rings is 1. The van der Waals surface area contributed by atoms with Gasteiger partial charge in [0.2, 0.25) is 10.0 Å². The van der Waals surface area contributed by atoms with E-state index < -0.39 is 10.0 Å². The summed E-state index contributed by atoms with van der Waals surface area (Å²) in [4.78, 5) is 13.1. The third-order valence-corrected chi connectivity index (χ3v) is 6.00. The summed E-state index contributed by atoms with van der Waals surface area (Å²) in [6.07, 6.45) is 4.19. The zero-order chi connectivity index (χ0) is 18.9. The van der Waals surface area contributed by atoms with Gasteiger partial charge in [-0.15, -0.1) is 0 Å². The molecule has 4 rings (SSSR count). The fourth-order valence-electron chi connectivity index (χ4n) is 3.32. The first-order chi connectivity index (χ1) is 13.0. The van der Waals surface area contributed by atoms with E-state index in [-0.39, 0.29) is 4.90 Å². The molecule has 1 saturated carbocycles. The van der Waals surface area contributed by atoms with Crippen molar-refractivity contribution in [3.05, 3.63) is 36.7 Å². The van der Waals surface area contributed by atoms with Crippen molar-refractivity contribution in [2.45, 2.75) is 17.7 Å². The predicted molar refractivity (Wildman–Crippen MR) is 105 cm³/mol. The monoisotopic (exact) mass is 388 g/mol. The van der Waals surface area contributed by atoms with Gasteiger partial charge in [0.1, 0.15) is 22.9 Å². The summed E-state index contributed by atoms with van der Waals surface area (Å²) in [6, 6.07) is 8.87. The number of para-hydroxylation sites is 1. The van der Waals surface area contributed by atoms with E-state index in [0.29, 0.717) is 18.8 Å². The van der Waals surface area contributed by atoms with E-state index in [1.165, 1.54) is 12.8 Å². The highest BCUT2D eigenvalue weighted by atomic mass is 32.2. The van der Waals surface area contributed by atoms with Gasteiger partial charge in [-0.1, -0.05) is 12.1 Å². The number of anilines is 3. The second-order valence-electron chi connectivity index (χ2n) is 7.07. The van der Waals surface area contributed by atoms with Crippen LogP contribution in [0.15, 0.2) is 41.6 Å². The number of primary sulfonamides is 1. The van der Waals surface area contributed by atoms with E-state index in [1.54, 1.807) is 24.5 Å². The Morgan fingerprint density at radius 3 is 2.48 bits per heavy atom. The van der Waals surface area contributed by atoms with E-state index in [4.69, 9.17) is 5.14 Å². The number of nitrogens with one attached hydrogen (secondary N) is 1. The van der Waals surface area contributed by atoms with Crippen molar-refractivity contribution in [2.75, 3.05) is 47.8 Å². The minimum Gasteiger partial charge on any atom is -0.370 e. The van der Waals surface area contributed by atoms with Crippen LogP contribution in [-0.4, -0.2) is 51.1 Å². The molecule has 0 spiro atoms. The van der Waals surface area contributed by atoms with E-state index in [2.05, 4.69) is 25.1 Å². The quantitative estimate of drug-likeness (QED) is 0.768. The molecule has 2 aromatic rings. The van der Waals surface area contributed by atoms with Crippen molar-refractivity contribution in [3.63, 3.8) is 0 Å². The van der Waals surface area contributed by atoms with Crippen molar-refractivity contribution >= 4 is 27.3 Å². The Hall–Kier alpha value is -2.39. The summed E-state index contributed by atoms with van der Waals surface area (Å²) in [5, 5.41) is 8.74. The maximum atomic E-state index is 11.9. The Bertz CT molecular complexity index is 908. The van der Waals surface area contributed by atoms with Crippen molar-refractivity contribution in [2.24, 2.45) is 11.1 Å². The molecule has 1 aliphatic carbocycles. The molecule has 144 valence electrons. The Kier molecular flexibility index (Phi) is 4.88. The number of rotatable bonds is 6. The minimum atomic E-state index is -3.75. The number of benzene rings is 1. The molecule has 1 saturated heterocycles. The van der Waals surface area contributed by atoms with Crippen molar-refractivity contribution in [1.29, 1.82) is 0 Å². The summed E-state index contributed by atoms with van der Waals surface area (Å²) >= 11 is 0. The standard InChI is InChI=1S/C18H24N6O2S/c19-27(25,26)16-4-2-1-3-15(16)23-7-9-24(10-8-23)18-11-17(21-13-22-18)20-12-14-5-6-14/h1-4,11,13-14H,5-10,12H2,(H2,19,25,26)(H,20,21,22). The number of sulfonamides is 1. The van der Waals surface area contributed by atoms with Crippen molar-refractivity contribution in [3.8, 4) is 0 Å².